The number of hydrogen-bond donors (Lipinski definition) is 2. The molecule has 0 saturated carbocycles. The van der Waals surface area contributed by atoms with Crippen molar-refractivity contribution in [1.82, 2.24) is 15.1 Å². The van der Waals surface area contributed by atoms with Gasteiger partial charge >= 0.3 is 18.0 Å². The number of rotatable bonds is 43. The maximum Gasteiger partial charge on any atom is 0.319 e. The molecule has 1 saturated heterocycles. The van der Waals surface area contributed by atoms with Gasteiger partial charge in [0.1, 0.15) is 12.3 Å². The Hall–Kier alpha value is -1.87. The quantitative estimate of drug-likeness (QED) is 0.0466. The van der Waals surface area contributed by atoms with Gasteiger partial charge in [0.2, 0.25) is 0 Å². The zero-order valence-corrected chi connectivity index (χ0v) is 38.5. The van der Waals surface area contributed by atoms with Crippen molar-refractivity contribution in [3.63, 3.8) is 0 Å². The normalized spacial score (nSPS) is 14.4. The topological polar surface area (TPSA) is 108 Å². The number of unbranched alkanes of at least 4 members (excludes halogenated alkanes) is 24. The number of esters is 2. The van der Waals surface area contributed by atoms with Crippen LogP contribution < -0.4 is 5.32 Å². The van der Waals surface area contributed by atoms with Crippen molar-refractivity contribution < 1.29 is 29.0 Å². The van der Waals surface area contributed by atoms with Crippen LogP contribution in [0.5, 0.6) is 0 Å². The molecule has 9 heteroatoms. The first-order valence-electron chi connectivity index (χ1n) is 25.2. The van der Waals surface area contributed by atoms with Crippen molar-refractivity contribution in [3.05, 3.63) is 0 Å². The van der Waals surface area contributed by atoms with E-state index in [0.29, 0.717) is 39.0 Å². The summed E-state index contributed by atoms with van der Waals surface area (Å²) in [6, 6.07) is -0.165. The summed E-state index contributed by atoms with van der Waals surface area (Å²) in [4.78, 5) is 41.6. The number of aliphatic hydroxyl groups excluding tert-OH is 1. The molecule has 9 nitrogen and oxygen atoms in total. The molecule has 1 rings (SSSR count). The fourth-order valence-corrected chi connectivity index (χ4v) is 8.12. The van der Waals surface area contributed by atoms with Gasteiger partial charge in [0.25, 0.3) is 0 Å². The molecule has 1 unspecified atom stereocenters. The van der Waals surface area contributed by atoms with Gasteiger partial charge in [0.05, 0.1) is 6.61 Å². The van der Waals surface area contributed by atoms with E-state index >= 15 is 0 Å². The second-order valence-electron chi connectivity index (χ2n) is 17.5. The van der Waals surface area contributed by atoms with Crippen molar-refractivity contribution in [2.45, 2.75) is 258 Å². The number of nitrogens with one attached hydrogen (secondary N) is 1. The number of ether oxygens (including phenoxy) is 2. The van der Waals surface area contributed by atoms with Gasteiger partial charge in [-0.15, -0.1) is 0 Å². The average molecular weight is 822 g/mol. The van der Waals surface area contributed by atoms with Gasteiger partial charge in [-0.1, -0.05) is 162 Å². The largest absolute Gasteiger partial charge is 0.466 e. The first kappa shape index (κ1) is 54.1. The summed E-state index contributed by atoms with van der Waals surface area (Å²) in [5.74, 6) is -0.0380. The summed E-state index contributed by atoms with van der Waals surface area (Å²) in [7, 11) is 0. The van der Waals surface area contributed by atoms with Crippen LogP contribution in [0.25, 0.3) is 0 Å². The Morgan fingerprint density at radius 3 is 1.55 bits per heavy atom. The maximum absolute atomic E-state index is 12.8. The van der Waals surface area contributed by atoms with Gasteiger partial charge in [-0.25, -0.2) is 4.79 Å². The SMILES string of the molecule is CCCCCCCCCOC(=O)CCCCCCCN(CCCCCCCC(=O)OC(CCCCCCCC)CCCCCCCC)CCCN1CCC(O)NC1=O. The highest BCUT2D eigenvalue weighted by molar-refractivity contribution is 5.75. The molecule has 58 heavy (non-hydrogen) atoms. The second kappa shape index (κ2) is 40.5. The predicted molar refractivity (Wildman–Crippen MR) is 242 cm³/mol. The molecule has 1 fully saturated rings. The summed E-state index contributed by atoms with van der Waals surface area (Å²) >= 11 is 0. The van der Waals surface area contributed by atoms with E-state index in [4.69, 9.17) is 9.47 Å². The van der Waals surface area contributed by atoms with Gasteiger partial charge in [0, 0.05) is 32.4 Å². The fraction of sp³-hybridized carbons (Fsp3) is 0.939. The lowest BCUT2D eigenvalue weighted by atomic mass is 10.0. The van der Waals surface area contributed by atoms with E-state index in [2.05, 4.69) is 31.0 Å². The van der Waals surface area contributed by atoms with E-state index < -0.39 is 6.23 Å². The highest BCUT2D eigenvalue weighted by Gasteiger charge is 2.22. The number of nitrogens with zero attached hydrogens (tertiary/aromatic N) is 2. The summed E-state index contributed by atoms with van der Waals surface area (Å²) < 4.78 is 11.5. The Morgan fingerprint density at radius 1 is 0.603 bits per heavy atom. The second-order valence-corrected chi connectivity index (χ2v) is 17.5. The Balaban J connectivity index is 2.33. The molecule has 0 aromatic carbocycles. The molecule has 1 aliphatic heterocycles. The first-order valence-corrected chi connectivity index (χ1v) is 25.2. The van der Waals surface area contributed by atoms with Crippen LogP contribution in [0.4, 0.5) is 4.79 Å². The maximum atomic E-state index is 12.8. The van der Waals surface area contributed by atoms with Gasteiger partial charge in [-0.3, -0.25) is 9.59 Å². The van der Waals surface area contributed by atoms with E-state index in [1.807, 2.05) is 4.90 Å². The smallest absolute Gasteiger partial charge is 0.319 e. The molecule has 2 N–H and O–H groups in total. The van der Waals surface area contributed by atoms with Crippen LogP contribution in [-0.2, 0) is 19.1 Å². The van der Waals surface area contributed by atoms with Crippen molar-refractivity contribution >= 4 is 18.0 Å². The molecule has 342 valence electrons. The van der Waals surface area contributed by atoms with Gasteiger partial charge in [0.15, 0.2) is 0 Å². The molecular formula is C49H95N3O6. The number of hydrogen-bond acceptors (Lipinski definition) is 7. The lowest BCUT2D eigenvalue weighted by molar-refractivity contribution is -0.150. The van der Waals surface area contributed by atoms with Gasteiger partial charge in [-0.05, 0) is 83.8 Å². The Bertz CT molecular complexity index is 935. The Kier molecular flexibility index (Phi) is 37.8. The molecule has 0 bridgehead atoms. The molecule has 0 aromatic rings. The molecule has 1 heterocycles. The van der Waals surface area contributed by atoms with Crippen LogP contribution in [0.2, 0.25) is 0 Å². The number of urea groups is 1. The number of carbonyl (C=O) groups is 3. The zero-order valence-electron chi connectivity index (χ0n) is 38.5. The van der Waals surface area contributed by atoms with Crippen LogP contribution >= 0.6 is 0 Å². The predicted octanol–water partition coefficient (Wildman–Crippen LogP) is 12.8. The van der Waals surface area contributed by atoms with Gasteiger partial charge < -0.3 is 29.7 Å². The summed E-state index contributed by atoms with van der Waals surface area (Å²) in [5.41, 5.74) is 0. The fourth-order valence-electron chi connectivity index (χ4n) is 8.12. The first-order chi connectivity index (χ1) is 28.4. The summed E-state index contributed by atoms with van der Waals surface area (Å²) in [6.07, 6.45) is 38.7. The minimum absolute atomic E-state index is 0.00349. The van der Waals surface area contributed by atoms with E-state index in [1.54, 1.807) is 0 Å². The number of carbonyl (C=O) groups excluding carboxylic acids is 3. The molecule has 0 radical (unpaired) electrons. The van der Waals surface area contributed by atoms with Crippen LogP contribution in [-0.4, -0.2) is 84.5 Å². The highest BCUT2D eigenvalue weighted by atomic mass is 16.5. The standard InChI is InChI=1S/C49H95N3O6/c1-4-7-10-13-16-25-32-44-57-47(54)36-28-21-17-23-30-39-51(41-33-42-52-43-38-46(53)50-49(52)56)40-31-24-18-22-29-37-48(55)58-45(34-26-19-14-11-8-5-2)35-27-20-15-12-9-6-3/h45-46,53H,4-44H2,1-3H3,(H,50,56). The third-order valence-corrected chi connectivity index (χ3v) is 11.9. The molecule has 0 aromatic heterocycles. The summed E-state index contributed by atoms with van der Waals surface area (Å²) in [6.45, 7) is 11.7. The van der Waals surface area contributed by atoms with E-state index in [1.165, 1.54) is 109 Å². The van der Waals surface area contributed by atoms with Crippen LogP contribution in [0.15, 0.2) is 0 Å². The van der Waals surface area contributed by atoms with Crippen LogP contribution in [0.3, 0.4) is 0 Å². The minimum atomic E-state index is -0.729. The number of amides is 2. The third kappa shape index (κ3) is 33.9. The Labute approximate surface area is 358 Å². The van der Waals surface area contributed by atoms with Crippen molar-refractivity contribution in [3.8, 4) is 0 Å². The lowest BCUT2D eigenvalue weighted by Gasteiger charge is -2.31. The van der Waals surface area contributed by atoms with Crippen molar-refractivity contribution in [1.29, 1.82) is 0 Å². The summed E-state index contributed by atoms with van der Waals surface area (Å²) in [5, 5.41) is 12.4. The molecule has 0 aliphatic carbocycles. The van der Waals surface area contributed by atoms with Crippen LogP contribution in [0.1, 0.15) is 245 Å². The highest BCUT2D eigenvalue weighted by Crippen LogP contribution is 2.19. The van der Waals surface area contributed by atoms with Crippen LogP contribution in [0, 0.1) is 0 Å². The molecular weight excluding hydrogens is 727 g/mol. The monoisotopic (exact) mass is 822 g/mol. The van der Waals surface area contributed by atoms with E-state index in [9.17, 15) is 19.5 Å². The number of aliphatic hydroxyl groups is 1. The molecule has 1 atom stereocenters. The third-order valence-electron chi connectivity index (χ3n) is 11.9. The minimum Gasteiger partial charge on any atom is -0.466 e. The molecule has 0 spiro atoms. The molecule has 2 amide bonds. The molecule has 1 aliphatic rings. The van der Waals surface area contributed by atoms with E-state index in [0.717, 1.165) is 116 Å². The van der Waals surface area contributed by atoms with Gasteiger partial charge in [-0.2, -0.15) is 0 Å². The average Bonchev–Trinajstić information content (AvgIpc) is 3.21. The van der Waals surface area contributed by atoms with E-state index in [-0.39, 0.29) is 24.1 Å². The van der Waals surface area contributed by atoms with Crippen molar-refractivity contribution in [2.75, 3.05) is 39.3 Å². The Morgan fingerprint density at radius 2 is 1.03 bits per heavy atom. The lowest BCUT2D eigenvalue weighted by Crippen LogP contribution is -2.52. The van der Waals surface area contributed by atoms with Crippen molar-refractivity contribution in [2.24, 2.45) is 0 Å². The zero-order chi connectivity index (χ0) is 42.2.